The van der Waals surface area contributed by atoms with Crippen LogP contribution in [-0.2, 0) is 0 Å². The molecule has 26 heavy (non-hydrogen) atoms. The molecule has 0 aliphatic rings. The van der Waals surface area contributed by atoms with E-state index in [2.05, 4.69) is 5.32 Å². The van der Waals surface area contributed by atoms with Crippen molar-refractivity contribution in [1.29, 1.82) is 0 Å². The lowest BCUT2D eigenvalue weighted by Gasteiger charge is -2.10. The number of amides is 1. The summed E-state index contributed by atoms with van der Waals surface area (Å²) in [4.78, 5) is 23.5. The zero-order chi connectivity index (χ0) is 18.5. The quantitative estimate of drug-likeness (QED) is 0.706. The third-order valence-electron chi connectivity index (χ3n) is 3.56. The van der Waals surface area contributed by atoms with Crippen LogP contribution in [0.3, 0.4) is 0 Å². The minimum Gasteiger partial charge on any atom is -0.478 e. The van der Waals surface area contributed by atoms with Gasteiger partial charge in [-0.2, -0.15) is 0 Å². The number of benzene rings is 3. The number of para-hydroxylation sites is 1. The van der Waals surface area contributed by atoms with Crippen LogP contribution in [0.1, 0.15) is 20.7 Å². The Balaban J connectivity index is 1.74. The number of halogens is 1. The van der Waals surface area contributed by atoms with Gasteiger partial charge in [0.05, 0.1) is 11.3 Å². The molecule has 6 heteroatoms. The van der Waals surface area contributed by atoms with Crippen LogP contribution < -0.4 is 10.1 Å². The van der Waals surface area contributed by atoms with Gasteiger partial charge in [-0.05, 0) is 54.6 Å². The zero-order valence-corrected chi connectivity index (χ0v) is 13.5. The molecule has 0 unspecified atom stereocenters. The number of ether oxygens (including phenoxy) is 1. The summed E-state index contributed by atoms with van der Waals surface area (Å²) in [6, 6.07) is 18.7. The fourth-order valence-electron chi connectivity index (χ4n) is 2.30. The summed E-state index contributed by atoms with van der Waals surface area (Å²) >= 11 is 0. The van der Waals surface area contributed by atoms with Crippen LogP contribution in [0.2, 0.25) is 0 Å². The highest BCUT2D eigenvalue weighted by Gasteiger charge is 2.14. The second-order valence-corrected chi connectivity index (χ2v) is 5.39. The highest BCUT2D eigenvalue weighted by molar-refractivity contribution is 6.07. The molecule has 3 aromatic carbocycles. The molecule has 130 valence electrons. The lowest BCUT2D eigenvalue weighted by Crippen LogP contribution is -2.15. The van der Waals surface area contributed by atoms with Gasteiger partial charge in [0.15, 0.2) is 0 Å². The molecule has 0 aliphatic carbocycles. The minimum absolute atomic E-state index is 0.0218. The van der Waals surface area contributed by atoms with Crippen LogP contribution in [0, 0.1) is 5.82 Å². The normalized spacial score (nSPS) is 10.2. The Morgan fingerprint density at radius 3 is 2.19 bits per heavy atom. The lowest BCUT2D eigenvalue weighted by atomic mass is 10.1. The number of carbonyl (C=O) groups excluding carboxylic acids is 1. The molecule has 5 nitrogen and oxygen atoms in total. The van der Waals surface area contributed by atoms with E-state index in [1.807, 2.05) is 30.3 Å². The van der Waals surface area contributed by atoms with Gasteiger partial charge in [0.1, 0.15) is 17.3 Å². The average Bonchev–Trinajstić information content (AvgIpc) is 2.64. The summed E-state index contributed by atoms with van der Waals surface area (Å²) in [6.07, 6.45) is 0. The summed E-state index contributed by atoms with van der Waals surface area (Å²) in [6.45, 7) is 0. The van der Waals surface area contributed by atoms with E-state index in [1.54, 1.807) is 24.3 Å². The summed E-state index contributed by atoms with van der Waals surface area (Å²) in [5.41, 5.74) is 0.0157. The summed E-state index contributed by atoms with van der Waals surface area (Å²) in [5.74, 6) is -1.30. The van der Waals surface area contributed by atoms with E-state index in [-0.39, 0.29) is 11.3 Å². The number of anilines is 1. The Morgan fingerprint density at radius 1 is 0.885 bits per heavy atom. The number of carboxylic acids is 1. The van der Waals surface area contributed by atoms with E-state index in [0.29, 0.717) is 17.1 Å². The summed E-state index contributed by atoms with van der Waals surface area (Å²) < 4.78 is 18.8. The molecule has 0 saturated carbocycles. The molecule has 3 aromatic rings. The number of hydrogen-bond acceptors (Lipinski definition) is 3. The van der Waals surface area contributed by atoms with Crippen molar-refractivity contribution in [3.63, 3.8) is 0 Å². The molecule has 0 saturated heterocycles. The lowest BCUT2D eigenvalue weighted by molar-refractivity contribution is 0.0697. The van der Waals surface area contributed by atoms with Gasteiger partial charge in [0.25, 0.3) is 5.91 Å². The van der Waals surface area contributed by atoms with Crippen LogP contribution in [0.5, 0.6) is 11.5 Å². The molecule has 0 atom stereocenters. The fourth-order valence-corrected chi connectivity index (χ4v) is 2.30. The predicted octanol–water partition coefficient (Wildman–Crippen LogP) is 4.57. The Bertz CT molecular complexity index is 940. The van der Waals surface area contributed by atoms with Gasteiger partial charge in [-0.1, -0.05) is 18.2 Å². The Hall–Kier alpha value is -3.67. The fraction of sp³-hybridized carbons (Fsp3) is 0. The minimum atomic E-state index is -1.33. The standard InChI is InChI=1S/C20H14FNO4/c21-14-8-11-18(17(12-14)20(24)25)22-19(23)13-6-9-16(10-7-13)26-15-4-2-1-3-5-15/h1-12H,(H,22,23)(H,24,25). The van der Waals surface area contributed by atoms with Crippen molar-refractivity contribution in [3.05, 3.63) is 89.7 Å². The van der Waals surface area contributed by atoms with Crippen LogP contribution in [0.25, 0.3) is 0 Å². The topological polar surface area (TPSA) is 75.6 Å². The monoisotopic (exact) mass is 351 g/mol. The van der Waals surface area contributed by atoms with E-state index in [1.165, 1.54) is 6.07 Å². The van der Waals surface area contributed by atoms with Gasteiger partial charge in [-0.25, -0.2) is 9.18 Å². The third kappa shape index (κ3) is 4.05. The van der Waals surface area contributed by atoms with Gasteiger partial charge in [-0.3, -0.25) is 4.79 Å². The van der Waals surface area contributed by atoms with Crippen molar-refractivity contribution < 1.29 is 23.8 Å². The van der Waals surface area contributed by atoms with Crippen LogP contribution in [-0.4, -0.2) is 17.0 Å². The van der Waals surface area contributed by atoms with Crippen LogP contribution >= 0.6 is 0 Å². The Kier molecular flexibility index (Phi) is 4.94. The first-order chi connectivity index (χ1) is 12.5. The number of nitrogens with one attached hydrogen (secondary N) is 1. The first-order valence-corrected chi connectivity index (χ1v) is 7.70. The second kappa shape index (κ2) is 7.48. The van der Waals surface area contributed by atoms with Crippen LogP contribution in [0.4, 0.5) is 10.1 Å². The predicted molar refractivity (Wildman–Crippen MR) is 94.3 cm³/mol. The molecule has 0 aliphatic heterocycles. The smallest absolute Gasteiger partial charge is 0.337 e. The van der Waals surface area contributed by atoms with E-state index >= 15 is 0 Å². The largest absolute Gasteiger partial charge is 0.478 e. The van der Waals surface area contributed by atoms with Crippen LogP contribution in [0.15, 0.2) is 72.8 Å². The zero-order valence-electron chi connectivity index (χ0n) is 13.5. The van der Waals surface area contributed by atoms with Gasteiger partial charge in [0, 0.05) is 5.56 Å². The SMILES string of the molecule is O=C(Nc1ccc(F)cc1C(=O)O)c1ccc(Oc2ccccc2)cc1. The first kappa shape index (κ1) is 17.2. The third-order valence-corrected chi connectivity index (χ3v) is 3.56. The first-order valence-electron chi connectivity index (χ1n) is 7.70. The number of carboxylic acid groups (broad SMARTS) is 1. The van der Waals surface area contributed by atoms with E-state index < -0.39 is 17.7 Å². The maximum Gasteiger partial charge on any atom is 0.337 e. The Labute approximate surface area is 148 Å². The van der Waals surface area contributed by atoms with Crippen molar-refractivity contribution in [2.45, 2.75) is 0 Å². The maximum atomic E-state index is 13.2. The molecular weight excluding hydrogens is 337 g/mol. The van der Waals surface area contributed by atoms with Gasteiger partial charge in [0.2, 0.25) is 0 Å². The molecule has 0 aromatic heterocycles. The Morgan fingerprint density at radius 2 is 1.54 bits per heavy atom. The molecule has 0 heterocycles. The molecule has 0 spiro atoms. The number of carbonyl (C=O) groups is 2. The molecular formula is C20H14FNO4. The highest BCUT2D eigenvalue weighted by atomic mass is 19.1. The van der Waals surface area contributed by atoms with E-state index in [9.17, 15) is 14.0 Å². The van der Waals surface area contributed by atoms with E-state index in [0.717, 1.165) is 12.1 Å². The molecule has 0 radical (unpaired) electrons. The molecule has 3 rings (SSSR count). The second-order valence-electron chi connectivity index (χ2n) is 5.39. The molecule has 0 fully saturated rings. The number of rotatable bonds is 5. The van der Waals surface area contributed by atoms with Crippen molar-refractivity contribution in [1.82, 2.24) is 0 Å². The number of aromatic carboxylic acids is 1. The highest BCUT2D eigenvalue weighted by Crippen LogP contribution is 2.22. The number of hydrogen-bond donors (Lipinski definition) is 2. The van der Waals surface area contributed by atoms with Crippen molar-refractivity contribution in [3.8, 4) is 11.5 Å². The average molecular weight is 351 g/mol. The van der Waals surface area contributed by atoms with Gasteiger partial charge >= 0.3 is 5.97 Å². The van der Waals surface area contributed by atoms with Gasteiger partial charge < -0.3 is 15.2 Å². The summed E-state index contributed by atoms with van der Waals surface area (Å²) in [7, 11) is 0. The maximum absolute atomic E-state index is 13.2. The van der Waals surface area contributed by atoms with Crippen molar-refractivity contribution >= 4 is 17.6 Å². The van der Waals surface area contributed by atoms with E-state index in [4.69, 9.17) is 9.84 Å². The molecule has 2 N–H and O–H groups in total. The molecule has 0 bridgehead atoms. The summed E-state index contributed by atoms with van der Waals surface area (Å²) in [5, 5.41) is 11.6. The van der Waals surface area contributed by atoms with Crippen molar-refractivity contribution in [2.75, 3.05) is 5.32 Å². The van der Waals surface area contributed by atoms with Crippen molar-refractivity contribution in [2.24, 2.45) is 0 Å². The molecule has 1 amide bonds. The van der Waals surface area contributed by atoms with Gasteiger partial charge in [-0.15, -0.1) is 0 Å².